The second-order valence-electron chi connectivity index (χ2n) is 3.80. The Balaban J connectivity index is 2.46. The third kappa shape index (κ3) is 2.48. The van der Waals surface area contributed by atoms with E-state index >= 15 is 0 Å². The largest absolute Gasteiger partial charge is 0.383 e. The van der Waals surface area contributed by atoms with Crippen LogP contribution in [0.3, 0.4) is 0 Å². The van der Waals surface area contributed by atoms with E-state index in [4.69, 9.17) is 17.3 Å². The van der Waals surface area contributed by atoms with E-state index in [9.17, 15) is 0 Å². The predicted molar refractivity (Wildman–Crippen MR) is 75.1 cm³/mol. The Hall–Kier alpha value is -1.00. The van der Waals surface area contributed by atoms with E-state index in [1.165, 1.54) is 0 Å². The van der Waals surface area contributed by atoms with E-state index in [2.05, 4.69) is 27.8 Å². The van der Waals surface area contributed by atoms with Gasteiger partial charge in [0.1, 0.15) is 11.5 Å². The summed E-state index contributed by atoms with van der Waals surface area (Å²) in [4.78, 5) is 4.33. The number of nitrogens with two attached hydrogens (primary N) is 1. The lowest BCUT2D eigenvalue weighted by atomic mass is 10.1. The van der Waals surface area contributed by atoms with Crippen molar-refractivity contribution >= 4 is 33.3 Å². The smallest absolute Gasteiger partial charge is 0.131 e. The third-order valence-corrected chi connectivity index (χ3v) is 3.33. The van der Waals surface area contributed by atoms with E-state index in [0.717, 1.165) is 28.7 Å². The van der Waals surface area contributed by atoms with E-state index in [-0.39, 0.29) is 0 Å². The van der Waals surface area contributed by atoms with Crippen molar-refractivity contribution in [2.24, 2.45) is 0 Å². The molecule has 0 atom stereocenters. The number of aromatic nitrogens is 2. The van der Waals surface area contributed by atoms with Crippen LogP contribution in [0.4, 0.5) is 5.82 Å². The van der Waals surface area contributed by atoms with Crippen LogP contribution in [0.25, 0.3) is 11.3 Å². The van der Waals surface area contributed by atoms with Gasteiger partial charge in [-0.2, -0.15) is 0 Å². The molecule has 1 aromatic heterocycles. The summed E-state index contributed by atoms with van der Waals surface area (Å²) < 4.78 is 2.88. The summed E-state index contributed by atoms with van der Waals surface area (Å²) in [5.74, 6) is 0.663. The number of anilines is 1. The molecule has 5 heteroatoms. The summed E-state index contributed by atoms with van der Waals surface area (Å²) in [5.41, 5.74) is 7.67. The molecule has 0 amide bonds. The number of hydrogen-bond acceptors (Lipinski definition) is 2. The lowest BCUT2D eigenvalue weighted by Gasteiger charge is -2.05. The van der Waals surface area contributed by atoms with Gasteiger partial charge in [0, 0.05) is 16.6 Å². The average molecular weight is 315 g/mol. The molecule has 0 bridgehead atoms. The zero-order chi connectivity index (χ0) is 12.4. The fourth-order valence-corrected chi connectivity index (χ4v) is 2.46. The molecule has 0 aliphatic carbocycles. The van der Waals surface area contributed by atoms with Crippen LogP contribution in [0.5, 0.6) is 0 Å². The van der Waals surface area contributed by atoms with Gasteiger partial charge < -0.3 is 10.3 Å². The summed E-state index contributed by atoms with van der Waals surface area (Å²) in [5, 5.41) is 0.646. The van der Waals surface area contributed by atoms with E-state index in [1.54, 1.807) is 6.33 Å². The molecule has 17 heavy (non-hydrogen) atoms. The van der Waals surface area contributed by atoms with Crippen molar-refractivity contribution in [3.8, 4) is 11.3 Å². The van der Waals surface area contributed by atoms with Crippen molar-refractivity contribution in [2.45, 2.75) is 19.9 Å². The SMILES string of the molecule is CCCn1cnc(-c2ccc(Br)cc2Cl)c1N. The number of rotatable bonds is 3. The summed E-state index contributed by atoms with van der Waals surface area (Å²) in [6.45, 7) is 2.97. The Morgan fingerprint density at radius 2 is 2.24 bits per heavy atom. The number of benzene rings is 1. The molecule has 0 aliphatic heterocycles. The average Bonchev–Trinajstić information content (AvgIpc) is 2.62. The van der Waals surface area contributed by atoms with E-state index in [0.29, 0.717) is 10.8 Å². The van der Waals surface area contributed by atoms with Crippen LogP contribution in [0.1, 0.15) is 13.3 Å². The van der Waals surface area contributed by atoms with Gasteiger partial charge in [0.2, 0.25) is 0 Å². The highest BCUT2D eigenvalue weighted by Crippen LogP contribution is 2.32. The molecular weight excluding hydrogens is 302 g/mol. The number of hydrogen-bond donors (Lipinski definition) is 1. The van der Waals surface area contributed by atoms with Gasteiger partial charge in [-0.15, -0.1) is 0 Å². The number of nitrogen functional groups attached to an aromatic ring is 1. The van der Waals surface area contributed by atoms with E-state index in [1.807, 2.05) is 22.8 Å². The standard InChI is InChI=1S/C12H13BrClN3/c1-2-5-17-7-16-11(12(17)15)9-4-3-8(13)6-10(9)14/h3-4,6-7H,2,5,15H2,1H3. The lowest BCUT2D eigenvalue weighted by Crippen LogP contribution is -2.01. The minimum absolute atomic E-state index is 0.646. The highest BCUT2D eigenvalue weighted by Gasteiger charge is 2.12. The van der Waals surface area contributed by atoms with Crippen molar-refractivity contribution in [3.05, 3.63) is 34.0 Å². The maximum absolute atomic E-state index is 6.19. The molecule has 0 radical (unpaired) electrons. The Bertz CT molecular complexity index is 537. The first-order valence-electron chi connectivity index (χ1n) is 5.39. The zero-order valence-electron chi connectivity index (χ0n) is 9.45. The van der Waals surface area contributed by atoms with Crippen molar-refractivity contribution < 1.29 is 0 Å². The predicted octanol–water partition coefficient (Wildman–Crippen LogP) is 3.96. The Morgan fingerprint density at radius 1 is 1.47 bits per heavy atom. The first-order valence-corrected chi connectivity index (χ1v) is 6.56. The van der Waals surface area contributed by atoms with Gasteiger partial charge in [0.05, 0.1) is 11.3 Å². The first kappa shape index (κ1) is 12.5. The van der Waals surface area contributed by atoms with E-state index < -0.39 is 0 Å². The summed E-state index contributed by atoms with van der Waals surface area (Å²) >= 11 is 9.56. The zero-order valence-corrected chi connectivity index (χ0v) is 11.8. The minimum Gasteiger partial charge on any atom is -0.383 e. The van der Waals surface area contributed by atoms with Crippen molar-refractivity contribution in [1.82, 2.24) is 9.55 Å². The molecule has 0 unspecified atom stereocenters. The lowest BCUT2D eigenvalue weighted by molar-refractivity contribution is 0.686. The van der Waals surface area contributed by atoms with Crippen LogP contribution in [0.15, 0.2) is 29.0 Å². The molecule has 0 saturated carbocycles. The molecule has 0 fully saturated rings. The van der Waals surface area contributed by atoms with Gasteiger partial charge >= 0.3 is 0 Å². The fraction of sp³-hybridized carbons (Fsp3) is 0.250. The first-order chi connectivity index (χ1) is 8.13. The van der Waals surface area contributed by atoms with Gasteiger partial charge in [-0.25, -0.2) is 4.98 Å². The molecule has 0 spiro atoms. The second kappa shape index (κ2) is 5.10. The van der Waals surface area contributed by atoms with Crippen molar-refractivity contribution in [1.29, 1.82) is 0 Å². The summed E-state index contributed by atoms with van der Waals surface area (Å²) in [6.07, 6.45) is 2.78. The number of nitrogens with zero attached hydrogens (tertiary/aromatic N) is 2. The molecule has 2 N–H and O–H groups in total. The van der Waals surface area contributed by atoms with Crippen LogP contribution in [0, 0.1) is 0 Å². The maximum atomic E-state index is 6.19. The molecule has 0 aliphatic rings. The second-order valence-corrected chi connectivity index (χ2v) is 5.12. The third-order valence-electron chi connectivity index (χ3n) is 2.53. The van der Waals surface area contributed by atoms with Crippen molar-refractivity contribution in [3.63, 3.8) is 0 Å². The molecule has 90 valence electrons. The van der Waals surface area contributed by atoms with Gasteiger partial charge in [-0.3, -0.25) is 0 Å². The van der Waals surface area contributed by atoms with Gasteiger partial charge in [0.15, 0.2) is 0 Å². The molecule has 1 aromatic carbocycles. The monoisotopic (exact) mass is 313 g/mol. The van der Waals surface area contributed by atoms with Crippen LogP contribution >= 0.6 is 27.5 Å². The van der Waals surface area contributed by atoms with Crippen LogP contribution in [0.2, 0.25) is 5.02 Å². The van der Waals surface area contributed by atoms with Crippen LogP contribution in [-0.4, -0.2) is 9.55 Å². The number of halogens is 2. The fourth-order valence-electron chi connectivity index (χ4n) is 1.70. The molecule has 2 aromatic rings. The van der Waals surface area contributed by atoms with Gasteiger partial charge in [0.25, 0.3) is 0 Å². The van der Waals surface area contributed by atoms with Crippen LogP contribution in [-0.2, 0) is 6.54 Å². The van der Waals surface area contributed by atoms with Gasteiger partial charge in [-0.1, -0.05) is 40.5 Å². The topological polar surface area (TPSA) is 43.8 Å². The Morgan fingerprint density at radius 3 is 2.88 bits per heavy atom. The molecule has 3 nitrogen and oxygen atoms in total. The van der Waals surface area contributed by atoms with Gasteiger partial charge in [-0.05, 0) is 18.6 Å². The number of imidazole rings is 1. The highest BCUT2D eigenvalue weighted by molar-refractivity contribution is 9.10. The Labute approximate surface area is 114 Å². The number of aryl methyl sites for hydroxylation is 1. The normalized spacial score (nSPS) is 10.8. The quantitative estimate of drug-likeness (QED) is 0.932. The maximum Gasteiger partial charge on any atom is 0.131 e. The molecule has 0 saturated heterocycles. The Kier molecular flexibility index (Phi) is 3.74. The molecule has 1 heterocycles. The van der Waals surface area contributed by atoms with Crippen LogP contribution < -0.4 is 5.73 Å². The van der Waals surface area contributed by atoms with Crippen molar-refractivity contribution in [2.75, 3.05) is 5.73 Å². The highest BCUT2D eigenvalue weighted by atomic mass is 79.9. The molecular formula is C12H13BrClN3. The molecule has 2 rings (SSSR count). The summed E-state index contributed by atoms with van der Waals surface area (Å²) in [7, 11) is 0. The minimum atomic E-state index is 0.646. The summed E-state index contributed by atoms with van der Waals surface area (Å²) in [6, 6.07) is 5.69.